The minimum Gasteiger partial charge on any atom is -0.309 e. The van der Waals surface area contributed by atoms with Crippen LogP contribution in [0.2, 0.25) is 0 Å². The average molecular weight is 329 g/mol. The number of nitrogens with one attached hydrogen (secondary N) is 1. The Morgan fingerprint density at radius 3 is 2.62 bits per heavy atom. The molecule has 2 fully saturated rings. The molecule has 0 bridgehead atoms. The Bertz CT molecular complexity index is 601. The van der Waals surface area contributed by atoms with Crippen molar-refractivity contribution in [3.05, 3.63) is 16.5 Å². The van der Waals surface area contributed by atoms with Crippen LogP contribution in [0.4, 0.5) is 0 Å². The van der Waals surface area contributed by atoms with Gasteiger partial charge in [0.15, 0.2) is 0 Å². The summed E-state index contributed by atoms with van der Waals surface area (Å²) in [4.78, 5) is 1.15. The number of hydrogen-bond acceptors (Lipinski definition) is 4. The highest BCUT2D eigenvalue weighted by Crippen LogP contribution is 2.32. The highest BCUT2D eigenvalue weighted by Gasteiger charge is 2.28. The molecular weight excluding hydrogens is 304 g/mol. The monoisotopic (exact) mass is 328 g/mol. The lowest BCUT2D eigenvalue weighted by Gasteiger charge is -2.29. The molecule has 0 atom stereocenters. The summed E-state index contributed by atoms with van der Waals surface area (Å²) in [6.07, 6.45) is 6.08. The van der Waals surface area contributed by atoms with Gasteiger partial charge in [-0.05, 0) is 50.2 Å². The first-order valence-electron chi connectivity index (χ1n) is 7.76. The molecule has 4 nitrogen and oxygen atoms in total. The number of thiophene rings is 1. The number of sulfonamides is 1. The minimum atomic E-state index is -3.31. The normalized spacial score (nSPS) is 20.0. The van der Waals surface area contributed by atoms with Crippen LogP contribution in [0.5, 0.6) is 0 Å². The van der Waals surface area contributed by atoms with E-state index in [9.17, 15) is 8.42 Å². The van der Waals surface area contributed by atoms with Crippen molar-refractivity contribution in [2.75, 3.05) is 13.6 Å². The highest BCUT2D eigenvalue weighted by molar-refractivity contribution is 7.91. The molecule has 1 heterocycles. The van der Waals surface area contributed by atoms with Gasteiger partial charge in [-0.1, -0.05) is 6.42 Å². The van der Waals surface area contributed by atoms with E-state index >= 15 is 0 Å². The Morgan fingerprint density at radius 2 is 2.05 bits per heavy atom. The lowest BCUT2D eigenvalue weighted by Crippen LogP contribution is -2.33. The third-order valence-electron chi connectivity index (χ3n) is 4.53. The van der Waals surface area contributed by atoms with Crippen LogP contribution < -0.4 is 5.32 Å². The largest absolute Gasteiger partial charge is 0.309 e. The van der Waals surface area contributed by atoms with Gasteiger partial charge < -0.3 is 5.32 Å². The maximum Gasteiger partial charge on any atom is 0.252 e. The molecule has 118 valence electrons. The maximum atomic E-state index is 12.6. The molecule has 2 aliphatic carbocycles. The van der Waals surface area contributed by atoms with Gasteiger partial charge in [-0.2, -0.15) is 4.31 Å². The summed E-state index contributed by atoms with van der Waals surface area (Å²) in [5, 5.41) is 3.46. The molecule has 0 spiro atoms. The predicted octanol–water partition coefficient (Wildman–Crippen LogP) is 2.73. The van der Waals surface area contributed by atoms with E-state index in [1.54, 1.807) is 11.4 Å². The fourth-order valence-corrected chi connectivity index (χ4v) is 5.61. The van der Waals surface area contributed by atoms with E-state index in [2.05, 4.69) is 5.32 Å². The molecule has 0 saturated heterocycles. The summed E-state index contributed by atoms with van der Waals surface area (Å²) in [5.74, 6) is 0.557. The van der Waals surface area contributed by atoms with E-state index in [-0.39, 0.29) is 0 Å². The number of hydrogen-bond donors (Lipinski definition) is 1. The zero-order valence-corrected chi connectivity index (χ0v) is 14.4. The zero-order chi connectivity index (χ0) is 15.0. The topological polar surface area (TPSA) is 49.4 Å². The van der Waals surface area contributed by atoms with Gasteiger partial charge in [0.2, 0.25) is 0 Å². The minimum absolute atomic E-state index is 0.495. The van der Waals surface area contributed by atoms with Crippen molar-refractivity contribution in [3.8, 4) is 0 Å². The molecule has 0 aromatic carbocycles. The van der Waals surface area contributed by atoms with Gasteiger partial charge in [0, 0.05) is 31.1 Å². The van der Waals surface area contributed by atoms with Gasteiger partial charge in [0.05, 0.1) is 0 Å². The maximum absolute atomic E-state index is 12.6. The third-order valence-corrected chi connectivity index (χ3v) is 8.04. The van der Waals surface area contributed by atoms with Gasteiger partial charge in [-0.3, -0.25) is 0 Å². The van der Waals surface area contributed by atoms with Crippen molar-refractivity contribution in [1.29, 1.82) is 0 Å². The van der Waals surface area contributed by atoms with Crippen LogP contribution in [0.15, 0.2) is 10.3 Å². The van der Waals surface area contributed by atoms with Gasteiger partial charge in [0.25, 0.3) is 10.0 Å². The van der Waals surface area contributed by atoms with Crippen LogP contribution in [0, 0.1) is 12.8 Å². The molecule has 0 amide bonds. The molecule has 6 heteroatoms. The van der Waals surface area contributed by atoms with Gasteiger partial charge in [-0.15, -0.1) is 11.3 Å². The van der Waals surface area contributed by atoms with Crippen LogP contribution in [-0.2, 0) is 16.6 Å². The van der Waals surface area contributed by atoms with Crippen molar-refractivity contribution in [2.45, 2.75) is 55.8 Å². The van der Waals surface area contributed by atoms with Crippen LogP contribution in [0.1, 0.15) is 42.5 Å². The number of aryl methyl sites for hydroxylation is 1. The first-order chi connectivity index (χ1) is 9.96. The van der Waals surface area contributed by atoms with Crippen molar-refractivity contribution >= 4 is 21.4 Å². The molecule has 0 aliphatic heterocycles. The van der Waals surface area contributed by atoms with Gasteiger partial charge in [0.1, 0.15) is 4.21 Å². The van der Waals surface area contributed by atoms with E-state index in [4.69, 9.17) is 0 Å². The Labute approximate surface area is 131 Å². The average Bonchev–Trinajstić information content (AvgIpc) is 3.14. The quantitative estimate of drug-likeness (QED) is 0.837. The van der Waals surface area contributed by atoms with E-state index in [0.29, 0.717) is 22.7 Å². The van der Waals surface area contributed by atoms with Crippen LogP contribution >= 0.6 is 11.3 Å². The van der Waals surface area contributed by atoms with Gasteiger partial charge in [-0.25, -0.2) is 8.42 Å². The molecule has 2 aliphatic rings. The second kappa shape index (κ2) is 5.99. The van der Waals surface area contributed by atoms with Crippen LogP contribution in [0.3, 0.4) is 0 Å². The molecule has 1 N–H and O–H groups in total. The van der Waals surface area contributed by atoms with Crippen LogP contribution in [0.25, 0.3) is 0 Å². The fraction of sp³-hybridized carbons (Fsp3) is 0.733. The summed E-state index contributed by atoms with van der Waals surface area (Å²) in [7, 11) is -1.60. The van der Waals surface area contributed by atoms with Gasteiger partial charge >= 0.3 is 0 Å². The third kappa shape index (κ3) is 3.50. The summed E-state index contributed by atoms with van der Waals surface area (Å²) in [5.41, 5.74) is 1.09. The molecule has 21 heavy (non-hydrogen) atoms. The van der Waals surface area contributed by atoms with E-state index in [1.165, 1.54) is 43.4 Å². The van der Waals surface area contributed by atoms with E-state index < -0.39 is 10.0 Å². The standard InChI is InChI=1S/C15H24N2O2S2/c1-11-8-15(20-14(11)9-16-13-6-7-13)21(18,19)17(2)10-12-4-3-5-12/h8,12-13,16H,3-7,9-10H2,1-2H3. The second-order valence-electron chi connectivity index (χ2n) is 6.41. The van der Waals surface area contributed by atoms with Crippen molar-refractivity contribution in [2.24, 2.45) is 5.92 Å². The van der Waals surface area contributed by atoms with Crippen molar-refractivity contribution < 1.29 is 8.42 Å². The molecule has 1 aromatic heterocycles. The van der Waals surface area contributed by atoms with Crippen LogP contribution in [-0.4, -0.2) is 32.4 Å². The Morgan fingerprint density at radius 1 is 1.33 bits per heavy atom. The SMILES string of the molecule is Cc1cc(S(=O)(=O)N(C)CC2CCC2)sc1CNC1CC1. The lowest BCUT2D eigenvalue weighted by molar-refractivity contribution is 0.263. The Balaban J connectivity index is 1.69. The number of rotatable bonds is 7. The predicted molar refractivity (Wildman–Crippen MR) is 86.1 cm³/mol. The molecule has 3 rings (SSSR count). The second-order valence-corrected chi connectivity index (χ2v) is 9.82. The Hall–Kier alpha value is -0.430. The lowest BCUT2D eigenvalue weighted by atomic mass is 9.86. The van der Waals surface area contributed by atoms with E-state index in [1.807, 2.05) is 13.0 Å². The molecular formula is C15H24N2O2S2. The summed E-state index contributed by atoms with van der Waals surface area (Å²) in [6, 6.07) is 2.48. The summed E-state index contributed by atoms with van der Waals surface area (Å²) in [6.45, 7) is 3.46. The highest BCUT2D eigenvalue weighted by atomic mass is 32.2. The molecule has 1 aromatic rings. The molecule has 0 radical (unpaired) electrons. The summed E-state index contributed by atoms with van der Waals surface area (Å²) < 4.78 is 27.3. The first kappa shape index (κ1) is 15.5. The molecule has 2 saturated carbocycles. The molecule has 0 unspecified atom stereocenters. The first-order valence-corrected chi connectivity index (χ1v) is 10.0. The number of nitrogens with zero attached hydrogens (tertiary/aromatic N) is 1. The van der Waals surface area contributed by atoms with Crippen molar-refractivity contribution in [3.63, 3.8) is 0 Å². The summed E-state index contributed by atoms with van der Waals surface area (Å²) >= 11 is 1.43. The zero-order valence-electron chi connectivity index (χ0n) is 12.8. The fourth-order valence-electron chi connectivity index (χ4n) is 2.61. The smallest absolute Gasteiger partial charge is 0.252 e. The Kier molecular flexibility index (Phi) is 4.41. The van der Waals surface area contributed by atoms with E-state index in [0.717, 1.165) is 17.0 Å². The van der Waals surface area contributed by atoms with Crippen molar-refractivity contribution in [1.82, 2.24) is 9.62 Å².